The summed E-state index contributed by atoms with van der Waals surface area (Å²) in [5, 5.41) is 30.7. The monoisotopic (exact) mass is 494 g/mol. The van der Waals surface area contributed by atoms with E-state index in [4.69, 9.17) is 14.7 Å². The van der Waals surface area contributed by atoms with Crippen LogP contribution in [0.1, 0.15) is 25.3 Å². The molecule has 0 aliphatic carbocycles. The number of nitrogens with zero attached hydrogens (tertiary/aromatic N) is 3. The number of hydrogen-bond donors (Lipinski definition) is 4. The molecule has 198 valence electrons. The largest absolute Gasteiger partial charge is 0.494 e. The van der Waals surface area contributed by atoms with Crippen LogP contribution in [0.3, 0.4) is 0 Å². The van der Waals surface area contributed by atoms with Gasteiger partial charge >= 0.3 is 0 Å². The Labute approximate surface area is 208 Å². The summed E-state index contributed by atoms with van der Waals surface area (Å²) in [5.41, 5.74) is 2.65. The molecule has 3 atom stereocenters. The topological polar surface area (TPSA) is 118 Å². The van der Waals surface area contributed by atoms with E-state index >= 15 is 0 Å². The van der Waals surface area contributed by atoms with Crippen molar-refractivity contribution >= 4 is 5.91 Å². The Kier molecular flexibility index (Phi) is 11.7. The summed E-state index contributed by atoms with van der Waals surface area (Å²) >= 11 is 0. The zero-order chi connectivity index (χ0) is 25.0. The van der Waals surface area contributed by atoms with Gasteiger partial charge in [0, 0.05) is 58.3 Å². The number of morpholine rings is 1. The Balaban J connectivity index is 1.49. The molecule has 0 spiro atoms. The molecule has 0 saturated carbocycles. The first-order chi connectivity index (χ1) is 17.0. The van der Waals surface area contributed by atoms with Gasteiger partial charge in [0.25, 0.3) is 5.91 Å². The average molecular weight is 495 g/mol. The number of aliphatic hydroxyl groups is 2. The molecular weight excluding hydrogens is 452 g/mol. The van der Waals surface area contributed by atoms with Crippen molar-refractivity contribution in [2.24, 2.45) is 5.92 Å². The number of carbonyl (C=O) groups is 1. The molecule has 2 saturated heterocycles. The SMILES string of the molecule is CCOc1ccc(CCC[C@@H](C(O)N2CCN(CCN3CCOCC3)CC2)[C@H](O)C(=O)NO)cc1. The average Bonchev–Trinajstić information content (AvgIpc) is 2.90. The Hall–Kier alpha value is -1.79. The van der Waals surface area contributed by atoms with Crippen molar-refractivity contribution in [2.75, 3.05) is 72.2 Å². The van der Waals surface area contributed by atoms with Gasteiger partial charge in [-0.15, -0.1) is 0 Å². The number of ether oxygens (including phenoxy) is 2. The molecule has 1 aromatic rings. The second-order valence-electron chi connectivity index (χ2n) is 9.30. The lowest BCUT2D eigenvalue weighted by Crippen LogP contribution is -2.56. The van der Waals surface area contributed by atoms with E-state index in [1.54, 1.807) is 0 Å². The molecule has 2 aliphatic rings. The Morgan fingerprint density at radius 1 is 1.03 bits per heavy atom. The van der Waals surface area contributed by atoms with Crippen LogP contribution in [0, 0.1) is 5.92 Å². The molecule has 1 aromatic carbocycles. The van der Waals surface area contributed by atoms with Crippen molar-refractivity contribution in [2.45, 2.75) is 38.5 Å². The summed E-state index contributed by atoms with van der Waals surface area (Å²) in [5.74, 6) is -0.771. The lowest BCUT2D eigenvalue weighted by atomic mass is 9.91. The summed E-state index contributed by atoms with van der Waals surface area (Å²) < 4.78 is 10.9. The molecule has 0 radical (unpaired) electrons. The van der Waals surface area contributed by atoms with Crippen molar-refractivity contribution in [3.8, 4) is 5.75 Å². The quantitative estimate of drug-likeness (QED) is 0.225. The lowest BCUT2D eigenvalue weighted by Gasteiger charge is -2.41. The fraction of sp³-hybridized carbons (Fsp3) is 0.720. The van der Waals surface area contributed by atoms with Crippen LogP contribution in [-0.4, -0.2) is 121 Å². The molecule has 3 rings (SSSR count). The summed E-state index contributed by atoms with van der Waals surface area (Å²) in [6, 6.07) is 7.86. The fourth-order valence-electron chi connectivity index (χ4n) is 4.82. The van der Waals surface area contributed by atoms with Crippen molar-refractivity contribution in [1.82, 2.24) is 20.2 Å². The molecule has 10 heteroatoms. The molecule has 10 nitrogen and oxygen atoms in total. The van der Waals surface area contributed by atoms with Crippen LogP contribution in [0.4, 0.5) is 0 Å². The van der Waals surface area contributed by atoms with Gasteiger partial charge in [0.05, 0.1) is 19.8 Å². The summed E-state index contributed by atoms with van der Waals surface area (Å²) in [6.07, 6.45) is -0.581. The predicted octanol–water partition coefficient (Wildman–Crippen LogP) is 0.159. The Bertz CT molecular complexity index is 738. The van der Waals surface area contributed by atoms with Gasteiger partial charge < -0.3 is 19.7 Å². The first-order valence-electron chi connectivity index (χ1n) is 12.8. The van der Waals surface area contributed by atoms with Gasteiger partial charge in [0.1, 0.15) is 18.1 Å². The lowest BCUT2D eigenvalue weighted by molar-refractivity contribution is -0.151. The number of benzene rings is 1. The van der Waals surface area contributed by atoms with Crippen molar-refractivity contribution in [3.63, 3.8) is 0 Å². The summed E-state index contributed by atoms with van der Waals surface area (Å²) in [7, 11) is 0. The number of aliphatic hydroxyl groups excluding tert-OH is 2. The number of hydroxylamine groups is 1. The minimum Gasteiger partial charge on any atom is -0.494 e. The number of carbonyl (C=O) groups excluding carboxylic acids is 1. The summed E-state index contributed by atoms with van der Waals surface area (Å²) in [4.78, 5) is 18.7. The van der Waals surface area contributed by atoms with Crippen LogP contribution in [0.15, 0.2) is 24.3 Å². The first kappa shape index (κ1) is 27.8. The van der Waals surface area contributed by atoms with Crippen molar-refractivity contribution < 1.29 is 29.7 Å². The van der Waals surface area contributed by atoms with E-state index in [-0.39, 0.29) is 0 Å². The maximum Gasteiger partial charge on any atom is 0.272 e. The van der Waals surface area contributed by atoms with Crippen LogP contribution < -0.4 is 10.2 Å². The van der Waals surface area contributed by atoms with E-state index in [9.17, 15) is 15.0 Å². The van der Waals surface area contributed by atoms with Crippen LogP contribution in [0.25, 0.3) is 0 Å². The third-order valence-electron chi connectivity index (χ3n) is 7.02. The molecule has 4 N–H and O–H groups in total. The maximum absolute atomic E-state index is 12.0. The zero-order valence-corrected chi connectivity index (χ0v) is 20.8. The molecule has 35 heavy (non-hydrogen) atoms. The van der Waals surface area contributed by atoms with Gasteiger partial charge in [-0.3, -0.25) is 24.7 Å². The zero-order valence-electron chi connectivity index (χ0n) is 20.8. The molecule has 0 bridgehead atoms. The normalized spacial score (nSPS) is 20.8. The second kappa shape index (κ2) is 14.7. The second-order valence-corrected chi connectivity index (χ2v) is 9.30. The van der Waals surface area contributed by atoms with Crippen molar-refractivity contribution in [1.29, 1.82) is 0 Å². The number of amides is 1. The molecule has 1 amide bonds. The maximum atomic E-state index is 12.0. The molecule has 0 aromatic heterocycles. The minimum atomic E-state index is -1.49. The summed E-state index contributed by atoms with van der Waals surface area (Å²) in [6.45, 7) is 11.0. The highest BCUT2D eigenvalue weighted by molar-refractivity contribution is 5.79. The molecule has 2 fully saturated rings. The molecule has 2 aliphatic heterocycles. The third kappa shape index (κ3) is 8.68. The number of nitrogens with one attached hydrogen (secondary N) is 1. The van der Waals surface area contributed by atoms with E-state index in [0.717, 1.165) is 70.2 Å². The van der Waals surface area contributed by atoms with Gasteiger partial charge in [0.2, 0.25) is 0 Å². The predicted molar refractivity (Wildman–Crippen MR) is 131 cm³/mol. The smallest absolute Gasteiger partial charge is 0.272 e. The van der Waals surface area contributed by atoms with E-state index in [2.05, 4.69) is 9.80 Å². The van der Waals surface area contributed by atoms with Gasteiger partial charge in [-0.1, -0.05) is 12.1 Å². The van der Waals surface area contributed by atoms with E-state index < -0.39 is 24.2 Å². The van der Waals surface area contributed by atoms with Crippen LogP contribution in [0.5, 0.6) is 5.75 Å². The van der Waals surface area contributed by atoms with Gasteiger partial charge in [-0.05, 0) is 43.9 Å². The number of aryl methyl sites for hydroxylation is 1. The number of rotatable bonds is 13. The number of piperazine rings is 1. The van der Waals surface area contributed by atoms with E-state index in [1.807, 2.05) is 36.1 Å². The fourth-order valence-corrected chi connectivity index (χ4v) is 4.82. The van der Waals surface area contributed by atoms with Crippen LogP contribution >= 0.6 is 0 Å². The highest BCUT2D eigenvalue weighted by atomic mass is 16.5. The molecule has 2 heterocycles. The van der Waals surface area contributed by atoms with Crippen LogP contribution in [-0.2, 0) is 16.0 Å². The number of hydrogen-bond acceptors (Lipinski definition) is 9. The minimum absolute atomic E-state index is 0.445. The molecular formula is C25H42N4O6. The van der Waals surface area contributed by atoms with Gasteiger partial charge in [-0.25, -0.2) is 5.48 Å². The van der Waals surface area contributed by atoms with E-state index in [0.29, 0.717) is 32.5 Å². The highest BCUT2D eigenvalue weighted by Gasteiger charge is 2.36. The van der Waals surface area contributed by atoms with Crippen molar-refractivity contribution in [3.05, 3.63) is 29.8 Å². The Morgan fingerprint density at radius 2 is 1.66 bits per heavy atom. The Morgan fingerprint density at radius 3 is 2.26 bits per heavy atom. The van der Waals surface area contributed by atoms with Gasteiger partial charge in [-0.2, -0.15) is 0 Å². The highest BCUT2D eigenvalue weighted by Crippen LogP contribution is 2.23. The third-order valence-corrected chi connectivity index (χ3v) is 7.02. The first-order valence-corrected chi connectivity index (χ1v) is 12.8. The van der Waals surface area contributed by atoms with Crippen LogP contribution in [0.2, 0.25) is 0 Å². The van der Waals surface area contributed by atoms with Gasteiger partial charge in [0.15, 0.2) is 0 Å². The standard InChI is InChI=1S/C25H42N4O6/c1-2-35-21-8-6-20(7-9-21)4-3-5-22(23(30)24(31)26-33)25(32)29-14-12-27(13-15-29)10-11-28-16-18-34-19-17-28/h6-9,22-23,25,30,32-33H,2-5,10-19H2,1H3,(H,26,31)/t22-,23+,25?/m1/s1. The molecule has 1 unspecified atom stereocenters. The van der Waals surface area contributed by atoms with E-state index in [1.165, 1.54) is 5.48 Å².